The predicted octanol–water partition coefficient (Wildman–Crippen LogP) is 2.64. The molecule has 146 valence electrons. The molecule has 1 aliphatic carbocycles. The van der Waals surface area contributed by atoms with E-state index >= 15 is 0 Å². The lowest BCUT2D eigenvalue weighted by Crippen LogP contribution is -2.62. The van der Waals surface area contributed by atoms with Gasteiger partial charge in [-0.2, -0.15) is 0 Å². The van der Waals surface area contributed by atoms with E-state index in [0.29, 0.717) is 0 Å². The van der Waals surface area contributed by atoms with Crippen molar-refractivity contribution in [3.63, 3.8) is 0 Å². The van der Waals surface area contributed by atoms with Crippen LogP contribution in [-0.4, -0.2) is 40.0 Å². The van der Waals surface area contributed by atoms with Gasteiger partial charge in [0.25, 0.3) is 0 Å². The largest absolute Gasteiger partial charge is 0.465 e. The Balaban J connectivity index is 2.62. The van der Waals surface area contributed by atoms with Crippen LogP contribution in [0.1, 0.15) is 39.2 Å². The Hall–Kier alpha value is -2.54. The molecule has 0 radical (unpaired) electrons. The van der Waals surface area contributed by atoms with Crippen molar-refractivity contribution in [3.8, 4) is 0 Å². The second kappa shape index (κ2) is 8.00. The molecule has 0 bridgehead atoms. The van der Waals surface area contributed by atoms with Crippen LogP contribution in [0.2, 0.25) is 0 Å². The van der Waals surface area contributed by atoms with Crippen molar-refractivity contribution in [1.29, 1.82) is 0 Å². The third-order valence-corrected chi connectivity index (χ3v) is 5.36. The number of hydrogen-bond donors (Lipinski definition) is 1. The van der Waals surface area contributed by atoms with E-state index < -0.39 is 39.7 Å². The van der Waals surface area contributed by atoms with Crippen LogP contribution >= 0.6 is 0 Å². The number of nitrogens with zero attached hydrogens (tertiary/aromatic N) is 1. The number of ketones is 1. The van der Waals surface area contributed by atoms with E-state index in [1.165, 1.54) is 19.9 Å². The molecule has 2 rings (SSSR count). The van der Waals surface area contributed by atoms with Gasteiger partial charge in [-0.15, -0.1) is 0 Å². The number of carbonyl (C=O) groups is 2. The van der Waals surface area contributed by atoms with Crippen molar-refractivity contribution >= 4 is 17.8 Å². The summed E-state index contributed by atoms with van der Waals surface area (Å²) in [5, 5.41) is 22.5. The lowest BCUT2D eigenvalue weighted by molar-refractivity contribution is -0.558. The number of carbonyl (C=O) groups excluding carboxylic acids is 2. The zero-order valence-electron chi connectivity index (χ0n) is 15.8. The van der Waals surface area contributed by atoms with Gasteiger partial charge in [-0.25, -0.2) is 0 Å². The van der Waals surface area contributed by atoms with Gasteiger partial charge in [0, 0.05) is 4.92 Å². The van der Waals surface area contributed by atoms with Crippen molar-refractivity contribution in [2.75, 3.05) is 6.61 Å². The molecule has 4 atom stereocenters. The maximum atomic E-state index is 12.8. The summed E-state index contributed by atoms with van der Waals surface area (Å²) in [5.41, 5.74) is -2.58. The number of rotatable bonds is 6. The van der Waals surface area contributed by atoms with Crippen molar-refractivity contribution in [3.05, 3.63) is 52.1 Å². The van der Waals surface area contributed by atoms with Crippen molar-refractivity contribution in [1.82, 2.24) is 0 Å². The highest BCUT2D eigenvalue weighted by atomic mass is 16.6. The van der Waals surface area contributed by atoms with E-state index in [4.69, 9.17) is 4.74 Å². The SMILES string of the molecule is CCOC(=O)[C@]1(C(C)=O)CC[C@@](C)(O)[C@@H]([N+](=O)[O-])[C@@H]1C=Cc1ccccc1. The molecule has 7 nitrogen and oxygen atoms in total. The molecule has 1 aromatic rings. The topological polar surface area (TPSA) is 107 Å². The fraction of sp³-hybridized carbons (Fsp3) is 0.500. The summed E-state index contributed by atoms with van der Waals surface area (Å²) < 4.78 is 5.13. The number of nitro groups is 1. The Labute approximate surface area is 158 Å². The summed E-state index contributed by atoms with van der Waals surface area (Å²) >= 11 is 0. The van der Waals surface area contributed by atoms with Gasteiger partial charge < -0.3 is 9.84 Å². The average Bonchev–Trinajstić information content (AvgIpc) is 2.59. The van der Waals surface area contributed by atoms with Crippen molar-refractivity contribution in [2.45, 2.75) is 45.3 Å². The van der Waals surface area contributed by atoms with E-state index in [1.807, 2.05) is 18.2 Å². The van der Waals surface area contributed by atoms with Crippen LogP contribution in [0, 0.1) is 21.4 Å². The van der Waals surface area contributed by atoms with Crippen molar-refractivity contribution < 1.29 is 24.4 Å². The zero-order valence-corrected chi connectivity index (χ0v) is 15.8. The number of esters is 1. The van der Waals surface area contributed by atoms with Crippen LogP contribution < -0.4 is 0 Å². The second-order valence-corrected chi connectivity index (χ2v) is 7.13. The number of Topliss-reactive ketones (excluding diaryl/α,β-unsaturated/α-hetero) is 1. The molecule has 7 heteroatoms. The molecule has 0 saturated heterocycles. The average molecular weight is 375 g/mol. The van der Waals surface area contributed by atoms with E-state index in [1.54, 1.807) is 25.1 Å². The van der Waals surface area contributed by atoms with Gasteiger partial charge >= 0.3 is 5.97 Å². The summed E-state index contributed by atoms with van der Waals surface area (Å²) in [6, 6.07) is 7.55. The highest BCUT2D eigenvalue weighted by molar-refractivity contribution is 6.03. The summed E-state index contributed by atoms with van der Waals surface area (Å²) in [7, 11) is 0. The minimum Gasteiger partial charge on any atom is -0.465 e. The van der Waals surface area contributed by atoms with Gasteiger partial charge in [-0.1, -0.05) is 42.5 Å². The minimum atomic E-state index is -1.69. The first-order valence-corrected chi connectivity index (χ1v) is 8.94. The Morgan fingerprint density at radius 1 is 1.33 bits per heavy atom. The van der Waals surface area contributed by atoms with Gasteiger partial charge in [-0.3, -0.25) is 19.7 Å². The van der Waals surface area contributed by atoms with Crippen LogP contribution in [0.4, 0.5) is 0 Å². The van der Waals surface area contributed by atoms with E-state index in [2.05, 4.69) is 0 Å². The van der Waals surface area contributed by atoms with Crippen LogP contribution in [0.5, 0.6) is 0 Å². The third kappa shape index (κ3) is 3.93. The molecule has 0 aliphatic heterocycles. The van der Waals surface area contributed by atoms with Gasteiger partial charge in [0.1, 0.15) is 16.8 Å². The van der Waals surface area contributed by atoms with Gasteiger partial charge in [0.2, 0.25) is 6.04 Å². The molecule has 1 saturated carbocycles. The Kier molecular flexibility index (Phi) is 6.15. The summed E-state index contributed by atoms with van der Waals surface area (Å²) in [5.74, 6) is -2.40. The molecule has 0 unspecified atom stereocenters. The number of benzene rings is 1. The zero-order chi connectivity index (χ0) is 20.2. The molecule has 1 N–H and O–H groups in total. The molecular weight excluding hydrogens is 350 g/mol. The van der Waals surface area contributed by atoms with Gasteiger partial charge in [0.15, 0.2) is 0 Å². The quantitative estimate of drug-likeness (QED) is 0.354. The maximum Gasteiger partial charge on any atom is 0.320 e. The normalized spacial score (nSPS) is 30.8. The smallest absolute Gasteiger partial charge is 0.320 e. The summed E-state index contributed by atoms with van der Waals surface area (Å²) in [6.07, 6.45) is 3.07. The summed E-state index contributed by atoms with van der Waals surface area (Å²) in [6.45, 7) is 4.30. The standard InChI is InChI=1S/C20H25NO6/c1-4-27-18(23)20(14(2)22)13-12-19(3,24)17(21(25)26)16(20)11-10-15-8-6-5-7-9-15/h5-11,16-17,24H,4,12-13H2,1-3H3/t16-,17-,19+,20-/m0/s1. The third-order valence-electron chi connectivity index (χ3n) is 5.36. The van der Waals surface area contributed by atoms with Crippen molar-refractivity contribution in [2.24, 2.45) is 11.3 Å². The number of hydrogen-bond acceptors (Lipinski definition) is 6. The molecule has 27 heavy (non-hydrogen) atoms. The van der Waals surface area contributed by atoms with Crippen LogP contribution in [0.3, 0.4) is 0 Å². The molecule has 1 aliphatic rings. The van der Waals surface area contributed by atoms with Gasteiger partial charge in [0.05, 0.1) is 12.5 Å². The molecule has 1 fully saturated rings. The molecule has 1 aromatic carbocycles. The first kappa shape index (κ1) is 20.8. The van der Waals surface area contributed by atoms with E-state index in [-0.39, 0.29) is 19.4 Å². The van der Waals surface area contributed by atoms with Crippen LogP contribution in [0.25, 0.3) is 6.08 Å². The Morgan fingerprint density at radius 3 is 2.48 bits per heavy atom. The van der Waals surface area contributed by atoms with Crippen LogP contribution in [0.15, 0.2) is 36.4 Å². The van der Waals surface area contributed by atoms with E-state index in [9.17, 15) is 24.8 Å². The molecule has 0 spiro atoms. The maximum absolute atomic E-state index is 12.8. The molecular formula is C20H25NO6. The van der Waals surface area contributed by atoms with E-state index in [0.717, 1.165) is 5.56 Å². The lowest BCUT2D eigenvalue weighted by atomic mass is 9.57. The van der Waals surface area contributed by atoms with Gasteiger partial charge in [-0.05, 0) is 39.2 Å². The summed E-state index contributed by atoms with van der Waals surface area (Å²) in [4.78, 5) is 36.6. The number of ether oxygens (including phenoxy) is 1. The fourth-order valence-electron chi connectivity index (χ4n) is 3.88. The van der Waals surface area contributed by atoms with Crippen LogP contribution in [-0.2, 0) is 14.3 Å². The molecule has 0 aromatic heterocycles. The fourth-order valence-corrected chi connectivity index (χ4v) is 3.88. The first-order chi connectivity index (χ1) is 12.7. The second-order valence-electron chi connectivity index (χ2n) is 7.13. The highest BCUT2D eigenvalue weighted by Crippen LogP contribution is 2.49. The molecule has 0 amide bonds. The Bertz CT molecular complexity index is 742. The lowest BCUT2D eigenvalue weighted by Gasteiger charge is -2.45. The number of aliphatic hydroxyl groups is 1. The monoisotopic (exact) mass is 375 g/mol. The molecule has 0 heterocycles. The minimum absolute atomic E-state index is 0.0116. The predicted molar refractivity (Wildman–Crippen MR) is 99.4 cm³/mol. The Morgan fingerprint density at radius 2 is 1.96 bits per heavy atom. The first-order valence-electron chi connectivity index (χ1n) is 8.94. The highest BCUT2D eigenvalue weighted by Gasteiger charge is 2.64.